The minimum Gasteiger partial charge on any atom is -0.350 e. The fraction of sp³-hybridized carbons (Fsp3) is 0.467. The smallest absolute Gasteiger partial charge is 0.251 e. The summed E-state index contributed by atoms with van der Waals surface area (Å²) in [7, 11) is 0. The van der Waals surface area contributed by atoms with E-state index in [2.05, 4.69) is 27.3 Å². The van der Waals surface area contributed by atoms with E-state index in [0.717, 1.165) is 30.5 Å². The molecule has 1 aromatic carbocycles. The number of nitrogens with one attached hydrogen (secondary N) is 2. The largest absolute Gasteiger partial charge is 0.350 e. The maximum atomic E-state index is 12.2. The first-order valence-electron chi connectivity index (χ1n) is 7.23. The Labute approximate surface area is 118 Å². The quantitative estimate of drug-likeness (QED) is 0.892. The molecule has 2 heterocycles. The van der Waals surface area contributed by atoms with E-state index in [9.17, 15) is 4.79 Å². The number of aromatic amines is 1. The summed E-state index contributed by atoms with van der Waals surface area (Å²) in [5.41, 5.74) is 1.58. The van der Waals surface area contributed by atoms with Gasteiger partial charge in [-0.1, -0.05) is 13.0 Å². The molecule has 1 aliphatic heterocycles. The van der Waals surface area contributed by atoms with Crippen molar-refractivity contribution < 1.29 is 4.79 Å². The highest BCUT2D eigenvalue weighted by Gasteiger charge is 2.23. The number of amides is 1. The van der Waals surface area contributed by atoms with E-state index in [1.807, 2.05) is 18.2 Å². The molecule has 1 saturated heterocycles. The van der Waals surface area contributed by atoms with Gasteiger partial charge in [-0.2, -0.15) is 5.10 Å². The van der Waals surface area contributed by atoms with Gasteiger partial charge in [-0.3, -0.25) is 14.8 Å². The van der Waals surface area contributed by atoms with Crippen LogP contribution >= 0.6 is 0 Å². The molecule has 2 aromatic rings. The zero-order valence-electron chi connectivity index (χ0n) is 11.7. The highest BCUT2D eigenvalue weighted by atomic mass is 16.1. The average Bonchev–Trinajstić information content (AvgIpc) is 3.12. The van der Waals surface area contributed by atoms with Gasteiger partial charge in [-0.15, -0.1) is 0 Å². The van der Waals surface area contributed by atoms with Crippen LogP contribution in [0.2, 0.25) is 0 Å². The summed E-state index contributed by atoms with van der Waals surface area (Å²) in [6, 6.07) is 6.10. The molecule has 1 atom stereocenters. The molecule has 1 unspecified atom stereocenters. The number of rotatable bonds is 4. The number of hydrogen-bond acceptors (Lipinski definition) is 3. The summed E-state index contributed by atoms with van der Waals surface area (Å²) in [5.74, 6) is -0.00977. The SMILES string of the molecule is CCN1CCCC1CNC(=O)c1ccc2cn[nH]c2c1. The molecule has 5 nitrogen and oxygen atoms in total. The summed E-state index contributed by atoms with van der Waals surface area (Å²) in [5, 5.41) is 10.9. The predicted molar refractivity (Wildman–Crippen MR) is 78.7 cm³/mol. The minimum absolute atomic E-state index is 0.00977. The third-order valence-corrected chi connectivity index (χ3v) is 4.11. The number of likely N-dealkylation sites (tertiary alicyclic amines) is 1. The van der Waals surface area contributed by atoms with Crippen LogP contribution < -0.4 is 5.32 Å². The van der Waals surface area contributed by atoms with Crippen LogP contribution in [-0.2, 0) is 0 Å². The van der Waals surface area contributed by atoms with Crippen molar-refractivity contribution in [3.63, 3.8) is 0 Å². The van der Waals surface area contributed by atoms with Crippen LogP contribution in [0.1, 0.15) is 30.1 Å². The molecule has 2 N–H and O–H groups in total. The van der Waals surface area contributed by atoms with Crippen LogP contribution in [-0.4, -0.2) is 46.7 Å². The molecule has 0 saturated carbocycles. The molecule has 1 aliphatic rings. The second kappa shape index (κ2) is 5.63. The fourth-order valence-corrected chi connectivity index (χ4v) is 2.93. The van der Waals surface area contributed by atoms with E-state index in [-0.39, 0.29) is 5.91 Å². The number of likely N-dealkylation sites (N-methyl/N-ethyl adjacent to an activating group) is 1. The first kappa shape index (κ1) is 13.1. The Kier molecular flexibility index (Phi) is 3.69. The number of nitrogens with zero attached hydrogens (tertiary/aromatic N) is 2. The Morgan fingerprint density at radius 1 is 1.55 bits per heavy atom. The third-order valence-electron chi connectivity index (χ3n) is 4.11. The lowest BCUT2D eigenvalue weighted by molar-refractivity contribution is 0.0941. The van der Waals surface area contributed by atoms with Crippen molar-refractivity contribution in [1.82, 2.24) is 20.4 Å². The van der Waals surface area contributed by atoms with Gasteiger partial charge in [0, 0.05) is 23.5 Å². The van der Waals surface area contributed by atoms with Crippen LogP contribution in [0.15, 0.2) is 24.4 Å². The van der Waals surface area contributed by atoms with Gasteiger partial charge in [0.15, 0.2) is 0 Å². The van der Waals surface area contributed by atoms with E-state index < -0.39 is 0 Å². The van der Waals surface area contributed by atoms with Crippen LogP contribution in [0.4, 0.5) is 0 Å². The summed E-state index contributed by atoms with van der Waals surface area (Å²) in [4.78, 5) is 14.6. The standard InChI is InChI=1S/C15H20N4O/c1-2-19-7-3-4-13(19)10-16-15(20)11-5-6-12-9-17-18-14(12)8-11/h5-6,8-9,13H,2-4,7,10H2,1H3,(H,16,20)(H,17,18). The molecule has 1 amide bonds. The van der Waals surface area contributed by atoms with Gasteiger partial charge in [0.2, 0.25) is 0 Å². The van der Waals surface area contributed by atoms with E-state index in [1.165, 1.54) is 12.8 Å². The van der Waals surface area contributed by atoms with E-state index in [4.69, 9.17) is 0 Å². The average molecular weight is 272 g/mol. The fourth-order valence-electron chi connectivity index (χ4n) is 2.93. The van der Waals surface area contributed by atoms with Gasteiger partial charge in [-0.05, 0) is 38.1 Å². The van der Waals surface area contributed by atoms with Crippen molar-refractivity contribution in [3.8, 4) is 0 Å². The normalized spacial score (nSPS) is 19.6. The van der Waals surface area contributed by atoms with E-state index in [0.29, 0.717) is 11.6 Å². The maximum Gasteiger partial charge on any atom is 0.251 e. The number of aromatic nitrogens is 2. The van der Waals surface area contributed by atoms with E-state index >= 15 is 0 Å². The molecule has 5 heteroatoms. The van der Waals surface area contributed by atoms with Crippen LogP contribution in [0.3, 0.4) is 0 Å². The Morgan fingerprint density at radius 2 is 2.45 bits per heavy atom. The van der Waals surface area contributed by atoms with Gasteiger partial charge >= 0.3 is 0 Å². The number of benzene rings is 1. The molecule has 0 radical (unpaired) electrons. The molecular weight excluding hydrogens is 252 g/mol. The highest BCUT2D eigenvalue weighted by molar-refractivity contribution is 5.97. The summed E-state index contributed by atoms with van der Waals surface area (Å²) >= 11 is 0. The zero-order valence-corrected chi connectivity index (χ0v) is 11.7. The van der Waals surface area contributed by atoms with Crippen LogP contribution in [0.25, 0.3) is 10.9 Å². The molecule has 3 rings (SSSR count). The van der Waals surface area contributed by atoms with Crippen molar-refractivity contribution >= 4 is 16.8 Å². The van der Waals surface area contributed by atoms with Crippen molar-refractivity contribution in [2.24, 2.45) is 0 Å². The summed E-state index contributed by atoms with van der Waals surface area (Å²) < 4.78 is 0. The Balaban J connectivity index is 1.63. The van der Waals surface area contributed by atoms with Crippen molar-refractivity contribution in [1.29, 1.82) is 0 Å². The second-order valence-electron chi connectivity index (χ2n) is 5.31. The van der Waals surface area contributed by atoms with Crippen molar-refractivity contribution in [2.75, 3.05) is 19.6 Å². The molecule has 0 spiro atoms. The maximum absolute atomic E-state index is 12.2. The lowest BCUT2D eigenvalue weighted by atomic mass is 10.1. The van der Waals surface area contributed by atoms with Gasteiger partial charge in [-0.25, -0.2) is 0 Å². The molecule has 0 bridgehead atoms. The molecule has 1 fully saturated rings. The number of hydrogen-bond donors (Lipinski definition) is 2. The van der Waals surface area contributed by atoms with Crippen LogP contribution in [0, 0.1) is 0 Å². The number of carbonyl (C=O) groups excluding carboxylic acids is 1. The lowest BCUT2D eigenvalue weighted by Crippen LogP contribution is -2.40. The van der Waals surface area contributed by atoms with Crippen LogP contribution in [0.5, 0.6) is 0 Å². The summed E-state index contributed by atoms with van der Waals surface area (Å²) in [6.07, 6.45) is 4.16. The Bertz CT molecular complexity index is 607. The zero-order chi connectivity index (χ0) is 13.9. The van der Waals surface area contributed by atoms with E-state index in [1.54, 1.807) is 6.20 Å². The topological polar surface area (TPSA) is 61.0 Å². The molecule has 1 aromatic heterocycles. The Hall–Kier alpha value is -1.88. The summed E-state index contributed by atoms with van der Waals surface area (Å²) in [6.45, 7) is 5.11. The van der Waals surface area contributed by atoms with Crippen molar-refractivity contribution in [2.45, 2.75) is 25.8 Å². The van der Waals surface area contributed by atoms with Gasteiger partial charge in [0.1, 0.15) is 0 Å². The second-order valence-corrected chi connectivity index (χ2v) is 5.31. The predicted octanol–water partition coefficient (Wildman–Crippen LogP) is 1.78. The van der Waals surface area contributed by atoms with Crippen molar-refractivity contribution in [3.05, 3.63) is 30.0 Å². The van der Waals surface area contributed by atoms with Gasteiger partial charge in [0.25, 0.3) is 5.91 Å². The highest BCUT2D eigenvalue weighted by Crippen LogP contribution is 2.16. The monoisotopic (exact) mass is 272 g/mol. The van der Waals surface area contributed by atoms with Gasteiger partial charge < -0.3 is 5.32 Å². The number of carbonyl (C=O) groups is 1. The number of fused-ring (bicyclic) bond motifs is 1. The minimum atomic E-state index is -0.00977. The first-order valence-corrected chi connectivity index (χ1v) is 7.23. The molecule has 20 heavy (non-hydrogen) atoms. The molecule has 0 aliphatic carbocycles. The lowest BCUT2D eigenvalue weighted by Gasteiger charge is -2.22. The molecule has 106 valence electrons. The first-order chi connectivity index (χ1) is 9.78. The molecular formula is C15H20N4O. The Morgan fingerprint density at radius 3 is 3.30 bits per heavy atom. The van der Waals surface area contributed by atoms with Gasteiger partial charge in [0.05, 0.1) is 11.7 Å². The number of H-pyrrole nitrogens is 1. The third kappa shape index (κ3) is 2.54.